The van der Waals surface area contributed by atoms with Crippen LogP contribution in [0.25, 0.3) is 0 Å². The van der Waals surface area contributed by atoms with Crippen molar-refractivity contribution in [3.63, 3.8) is 0 Å². The minimum Gasteiger partial charge on any atom is -0.463 e. The minimum absolute atomic E-state index is 0.329. The van der Waals surface area contributed by atoms with Crippen LogP contribution >= 0.6 is 0 Å². The third-order valence-electron chi connectivity index (χ3n) is 1.90. The number of esters is 1. The molecule has 3 nitrogen and oxygen atoms in total. The second kappa shape index (κ2) is 10.3. The van der Waals surface area contributed by atoms with Crippen molar-refractivity contribution in [3.05, 3.63) is 12.7 Å². The van der Waals surface area contributed by atoms with Gasteiger partial charge in [0.15, 0.2) is 0 Å². The van der Waals surface area contributed by atoms with Crippen LogP contribution in [0.4, 0.5) is 0 Å². The first-order chi connectivity index (χ1) is 6.81. The van der Waals surface area contributed by atoms with Gasteiger partial charge in [0, 0.05) is 19.8 Å². The van der Waals surface area contributed by atoms with Crippen LogP contribution in [0.1, 0.15) is 32.1 Å². The van der Waals surface area contributed by atoms with Gasteiger partial charge >= 0.3 is 5.97 Å². The Morgan fingerprint density at radius 1 is 1.14 bits per heavy atom. The Labute approximate surface area is 86.1 Å². The smallest absolute Gasteiger partial charge is 0.330 e. The number of hydrogen-bond donors (Lipinski definition) is 0. The van der Waals surface area contributed by atoms with E-state index in [4.69, 9.17) is 9.47 Å². The molecule has 3 heteroatoms. The van der Waals surface area contributed by atoms with Gasteiger partial charge in [0.25, 0.3) is 0 Å². The maximum absolute atomic E-state index is 10.6. The van der Waals surface area contributed by atoms with Crippen LogP contribution in [0.5, 0.6) is 0 Å². The largest absolute Gasteiger partial charge is 0.463 e. The fraction of sp³-hybridized carbons (Fsp3) is 0.727. The van der Waals surface area contributed by atoms with E-state index in [9.17, 15) is 4.79 Å². The van der Waals surface area contributed by atoms with Crippen molar-refractivity contribution in [2.24, 2.45) is 0 Å². The Hall–Kier alpha value is -0.830. The van der Waals surface area contributed by atoms with Crippen LogP contribution < -0.4 is 0 Å². The molecule has 0 N–H and O–H groups in total. The van der Waals surface area contributed by atoms with E-state index in [1.165, 1.54) is 18.9 Å². The SMILES string of the molecule is C=CC(=O)OCCCCCCCOC. The number of hydrogen-bond acceptors (Lipinski definition) is 3. The summed E-state index contributed by atoms with van der Waals surface area (Å²) in [6, 6.07) is 0. The minimum atomic E-state index is -0.329. The lowest BCUT2D eigenvalue weighted by Crippen LogP contribution is -2.01. The molecule has 0 fully saturated rings. The lowest BCUT2D eigenvalue weighted by molar-refractivity contribution is -0.137. The van der Waals surface area contributed by atoms with E-state index >= 15 is 0 Å². The first-order valence-electron chi connectivity index (χ1n) is 5.09. The summed E-state index contributed by atoms with van der Waals surface area (Å²) in [5, 5.41) is 0. The van der Waals surface area contributed by atoms with Gasteiger partial charge in [-0.2, -0.15) is 0 Å². The lowest BCUT2D eigenvalue weighted by atomic mass is 10.1. The molecule has 0 saturated heterocycles. The van der Waals surface area contributed by atoms with Gasteiger partial charge in [0.1, 0.15) is 0 Å². The Morgan fingerprint density at radius 3 is 2.29 bits per heavy atom. The van der Waals surface area contributed by atoms with E-state index in [1.807, 2.05) is 0 Å². The van der Waals surface area contributed by atoms with E-state index in [-0.39, 0.29) is 5.97 Å². The second-order valence-electron chi connectivity index (χ2n) is 3.13. The molecule has 0 atom stereocenters. The molecule has 0 unspecified atom stereocenters. The molecule has 0 amide bonds. The van der Waals surface area contributed by atoms with Crippen LogP contribution in [0.3, 0.4) is 0 Å². The summed E-state index contributed by atoms with van der Waals surface area (Å²) in [5.41, 5.74) is 0. The molecule has 82 valence electrons. The number of carbonyl (C=O) groups is 1. The highest BCUT2D eigenvalue weighted by Gasteiger charge is 1.95. The molecule has 0 heterocycles. The summed E-state index contributed by atoms with van der Waals surface area (Å²) >= 11 is 0. The van der Waals surface area contributed by atoms with E-state index in [0.29, 0.717) is 6.61 Å². The van der Waals surface area contributed by atoms with Crippen molar-refractivity contribution in [2.45, 2.75) is 32.1 Å². The molecule has 0 radical (unpaired) electrons. The molecular weight excluding hydrogens is 180 g/mol. The molecule has 14 heavy (non-hydrogen) atoms. The van der Waals surface area contributed by atoms with Gasteiger partial charge in [-0.15, -0.1) is 0 Å². The van der Waals surface area contributed by atoms with Gasteiger partial charge in [-0.3, -0.25) is 0 Å². The van der Waals surface area contributed by atoms with Crippen LogP contribution in [0.2, 0.25) is 0 Å². The zero-order chi connectivity index (χ0) is 10.6. The van der Waals surface area contributed by atoms with Crippen LogP contribution in [0, 0.1) is 0 Å². The van der Waals surface area contributed by atoms with Crippen molar-refractivity contribution in [2.75, 3.05) is 20.3 Å². The summed E-state index contributed by atoms with van der Waals surface area (Å²) in [4.78, 5) is 10.6. The Morgan fingerprint density at radius 2 is 1.71 bits per heavy atom. The van der Waals surface area contributed by atoms with Gasteiger partial charge in [-0.05, 0) is 12.8 Å². The lowest BCUT2D eigenvalue weighted by Gasteiger charge is -2.02. The third-order valence-corrected chi connectivity index (χ3v) is 1.90. The van der Waals surface area contributed by atoms with Crippen molar-refractivity contribution in [1.29, 1.82) is 0 Å². The standard InChI is InChI=1S/C11H20O3/c1-3-11(12)14-10-8-6-4-5-7-9-13-2/h3H,1,4-10H2,2H3. The van der Waals surface area contributed by atoms with Crippen LogP contribution in [0.15, 0.2) is 12.7 Å². The predicted octanol–water partition coefficient (Wildman–Crippen LogP) is 2.31. The van der Waals surface area contributed by atoms with E-state index in [1.54, 1.807) is 7.11 Å². The highest BCUT2D eigenvalue weighted by molar-refractivity contribution is 5.81. The number of ether oxygens (including phenoxy) is 2. The van der Waals surface area contributed by atoms with Crippen LogP contribution in [-0.2, 0) is 14.3 Å². The zero-order valence-electron chi connectivity index (χ0n) is 8.96. The normalized spacial score (nSPS) is 9.79. The van der Waals surface area contributed by atoms with Gasteiger partial charge in [-0.1, -0.05) is 25.8 Å². The van der Waals surface area contributed by atoms with Gasteiger partial charge in [0.2, 0.25) is 0 Å². The zero-order valence-corrected chi connectivity index (χ0v) is 8.96. The van der Waals surface area contributed by atoms with Gasteiger partial charge < -0.3 is 9.47 Å². The number of unbranched alkanes of at least 4 members (excludes halogenated alkanes) is 4. The van der Waals surface area contributed by atoms with Gasteiger partial charge in [-0.25, -0.2) is 4.79 Å². The Balaban J connectivity index is 2.99. The van der Waals surface area contributed by atoms with Crippen molar-refractivity contribution < 1.29 is 14.3 Å². The maximum Gasteiger partial charge on any atom is 0.330 e. The summed E-state index contributed by atoms with van der Waals surface area (Å²) < 4.78 is 9.77. The summed E-state index contributed by atoms with van der Waals surface area (Å²) in [6.45, 7) is 4.67. The highest BCUT2D eigenvalue weighted by Crippen LogP contribution is 2.03. The second-order valence-corrected chi connectivity index (χ2v) is 3.13. The van der Waals surface area contributed by atoms with Crippen molar-refractivity contribution in [3.8, 4) is 0 Å². The molecule has 0 aliphatic rings. The van der Waals surface area contributed by atoms with Crippen molar-refractivity contribution >= 4 is 5.97 Å². The maximum atomic E-state index is 10.6. The molecule has 0 rings (SSSR count). The molecule has 0 aliphatic heterocycles. The molecule has 0 spiro atoms. The van der Waals surface area contributed by atoms with Gasteiger partial charge in [0.05, 0.1) is 6.61 Å². The molecular formula is C11H20O3. The summed E-state index contributed by atoms with van der Waals surface area (Å²) in [5.74, 6) is -0.329. The predicted molar refractivity (Wildman–Crippen MR) is 56.1 cm³/mol. The topological polar surface area (TPSA) is 35.5 Å². The van der Waals surface area contributed by atoms with E-state index in [2.05, 4.69) is 6.58 Å². The summed E-state index contributed by atoms with van der Waals surface area (Å²) in [7, 11) is 1.72. The van der Waals surface area contributed by atoms with E-state index in [0.717, 1.165) is 25.9 Å². The molecule has 0 bridgehead atoms. The monoisotopic (exact) mass is 200 g/mol. The average molecular weight is 200 g/mol. The third kappa shape index (κ3) is 9.26. The molecule has 0 aromatic carbocycles. The molecule has 0 saturated carbocycles. The first kappa shape index (κ1) is 13.2. The first-order valence-corrected chi connectivity index (χ1v) is 5.09. The molecule has 0 aromatic heterocycles. The molecule has 0 aliphatic carbocycles. The quantitative estimate of drug-likeness (QED) is 0.325. The Kier molecular flexibility index (Phi) is 9.64. The fourth-order valence-electron chi connectivity index (χ4n) is 1.11. The van der Waals surface area contributed by atoms with Crippen molar-refractivity contribution in [1.82, 2.24) is 0 Å². The highest BCUT2D eigenvalue weighted by atomic mass is 16.5. The number of carbonyl (C=O) groups excluding carboxylic acids is 1. The summed E-state index contributed by atoms with van der Waals surface area (Å²) in [6.07, 6.45) is 6.71. The Bertz CT molecular complexity index is 155. The number of methoxy groups -OCH3 is 1. The van der Waals surface area contributed by atoms with E-state index < -0.39 is 0 Å². The number of rotatable bonds is 9. The average Bonchev–Trinajstić information content (AvgIpc) is 2.21. The molecule has 0 aromatic rings. The van der Waals surface area contributed by atoms with Crippen LogP contribution in [-0.4, -0.2) is 26.3 Å². The fourth-order valence-corrected chi connectivity index (χ4v) is 1.11.